The highest BCUT2D eigenvalue weighted by Crippen LogP contribution is 2.37. The lowest BCUT2D eigenvalue weighted by Crippen LogP contribution is -2.35. The summed E-state index contributed by atoms with van der Waals surface area (Å²) in [4.78, 5) is 37.4. The number of carbonyl (C=O) groups is 2. The summed E-state index contributed by atoms with van der Waals surface area (Å²) in [6, 6.07) is 13.6. The number of nitrogens with zero attached hydrogens (tertiary/aromatic N) is 3. The van der Waals surface area contributed by atoms with Crippen LogP contribution in [0.2, 0.25) is 0 Å². The third kappa shape index (κ3) is 5.99. The Bertz CT molecular complexity index is 1240. The molecule has 1 unspecified atom stereocenters. The fourth-order valence-electron chi connectivity index (χ4n) is 4.58. The van der Waals surface area contributed by atoms with Crippen molar-refractivity contribution in [3.05, 3.63) is 75.9 Å². The van der Waals surface area contributed by atoms with Crippen LogP contribution in [-0.2, 0) is 29.0 Å². The first kappa shape index (κ1) is 25.6. The van der Waals surface area contributed by atoms with Gasteiger partial charge in [-0.3, -0.25) is 19.6 Å². The first-order valence-electron chi connectivity index (χ1n) is 12.2. The van der Waals surface area contributed by atoms with Crippen LogP contribution in [0.25, 0.3) is 0 Å². The molecule has 0 aliphatic carbocycles. The van der Waals surface area contributed by atoms with E-state index in [0.717, 1.165) is 38.9 Å². The molecule has 0 radical (unpaired) electrons. The molecule has 1 atom stereocenters. The van der Waals surface area contributed by atoms with Gasteiger partial charge < -0.3 is 15.0 Å². The molecular formula is C28H32N4O3S. The highest BCUT2D eigenvalue weighted by molar-refractivity contribution is 7.16. The second kappa shape index (κ2) is 11.9. The lowest BCUT2D eigenvalue weighted by molar-refractivity contribution is -0.132. The molecule has 1 N–H and O–H groups in total. The van der Waals surface area contributed by atoms with E-state index < -0.39 is 0 Å². The van der Waals surface area contributed by atoms with Crippen LogP contribution in [-0.4, -0.2) is 48.6 Å². The number of pyridine rings is 1. The minimum absolute atomic E-state index is 0.00578. The second-order valence-corrected chi connectivity index (χ2v) is 10.0. The molecule has 2 aromatic heterocycles. The molecule has 3 aromatic rings. The molecule has 7 nitrogen and oxygen atoms in total. The Morgan fingerprint density at radius 1 is 1.25 bits per heavy atom. The number of benzene rings is 1. The maximum atomic E-state index is 13.0. The van der Waals surface area contributed by atoms with Gasteiger partial charge in [-0.25, -0.2) is 0 Å². The van der Waals surface area contributed by atoms with Crippen molar-refractivity contribution in [1.29, 1.82) is 0 Å². The van der Waals surface area contributed by atoms with Crippen molar-refractivity contribution < 1.29 is 14.3 Å². The van der Waals surface area contributed by atoms with Crippen molar-refractivity contribution in [2.75, 3.05) is 26.0 Å². The monoisotopic (exact) mass is 504 g/mol. The summed E-state index contributed by atoms with van der Waals surface area (Å²) in [5.41, 5.74) is 4.06. The molecule has 0 fully saturated rings. The van der Waals surface area contributed by atoms with Gasteiger partial charge in [-0.1, -0.05) is 31.2 Å². The third-order valence-electron chi connectivity index (χ3n) is 6.44. The second-order valence-electron chi connectivity index (χ2n) is 8.92. The summed E-state index contributed by atoms with van der Waals surface area (Å²) >= 11 is 1.54. The number of aryl methyl sites for hydroxylation is 1. The van der Waals surface area contributed by atoms with E-state index in [0.29, 0.717) is 32.4 Å². The van der Waals surface area contributed by atoms with Gasteiger partial charge in [-0.05, 0) is 48.1 Å². The van der Waals surface area contributed by atoms with Gasteiger partial charge >= 0.3 is 0 Å². The number of rotatable bonds is 9. The minimum atomic E-state index is -0.0546. The summed E-state index contributed by atoms with van der Waals surface area (Å²) in [6.45, 7) is 3.24. The van der Waals surface area contributed by atoms with Crippen LogP contribution < -0.4 is 10.1 Å². The summed E-state index contributed by atoms with van der Waals surface area (Å²) in [6.07, 6.45) is 5.72. The van der Waals surface area contributed by atoms with E-state index in [1.807, 2.05) is 60.5 Å². The third-order valence-corrected chi connectivity index (χ3v) is 7.59. The lowest BCUT2D eigenvalue weighted by atomic mass is 9.96. The van der Waals surface area contributed by atoms with E-state index in [9.17, 15) is 9.59 Å². The normalized spacial score (nSPS) is 13.9. The number of hydrogen-bond acceptors (Lipinski definition) is 6. The van der Waals surface area contributed by atoms with Gasteiger partial charge in [0.1, 0.15) is 10.8 Å². The molecule has 4 rings (SSSR count). The SMILES string of the molecule is CN=Cc1c(NC(=O)CC(C)c2ccccc2OC)sc2c1CCN(C(=O)CCc1ccccn1)C2. The zero-order valence-corrected chi connectivity index (χ0v) is 21.8. The van der Waals surface area contributed by atoms with Gasteiger partial charge in [0.15, 0.2) is 0 Å². The van der Waals surface area contributed by atoms with Crippen LogP contribution in [0.1, 0.15) is 52.9 Å². The smallest absolute Gasteiger partial charge is 0.225 e. The Labute approximate surface area is 216 Å². The molecule has 36 heavy (non-hydrogen) atoms. The number of hydrogen-bond donors (Lipinski definition) is 1. The van der Waals surface area contributed by atoms with Crippen LogP contribution in [0.3, 0.4) is 0 Å². The number of nitrogens with one attached hydrogen (secondary N) is 1. The molecule has 1 aliphatic rings. The van der Waals surface area contributed by atoms with Gasteiger partial charge in [-0.15, -0.1) is 11.3 Å². The predicted octanol–water partition coefficient (Wildman–Crippen LogP) is 4.85. The van der Waals surface area contributed by atoms with Crippen LogP contribution in [0, 0.1) is 0 Å². The molecule has 0 spiro atoms. The van der Waals surface area contributed by atoms with Gasteiger partial charge in [0.25, 0.3) is 0 Å². The number of carbonyl (C=O) groups excluding carboxylic acids is 2. The maximum absolute atomic E-state index is 13.0. The number of amides is 2. The van der Waals surface area contributed by atoms with Gasteiger partial charge in [0.05, 0.1) is 13.7 Å². The molecular weight excluding hydrogens is 472 g/mol. The van der Waals surface area contributed by atoms with Gasteiger partial charge in [-0.2, -0.15) is 0 Å². The number of ether oxygens (including phenoxy) is 1. The first-order valence-corrected chi connectivity index (χ1v) is 13.0. The van der Waals surface area contributed by atoms with Crippen LogP contribution in [0.4, 0.5) is 5.00 Å². The molecule has 1 aliphatic heterocycles. The Balaban J connectivity index is 1.43. The van der Waals surface area contributed by atoms with Crippen molar-refractivity contribution in [3.8, 4) is 5.75 Å². The van der Waals surface area contributed by atoms with Crippen molar-refractivity contribution in [3.63, 3.8) is 0 Å². The molecule has 0 saturated carbocycles. The average Bonchev–Trinajstić information content (AvgIpc) is 3.23. The van der Waals surface area contributed by atoms with E-state index >= 15 is 0 Å². The fraction of sp³-hybridized carbons (Fsp3) is 0.357. The summed E-state index contributed by atoms with van der Waals surface area (Å²) in [5.74, 6) is 0.866. The van der Waals surface area contributed by atoms with E-state index in [1.165, 1.54) is 5.56 Å². The van der Waals surface area contributed by atoms with E-state index in [2.05, 4.69) is 15.3 Å². The predicted molar refractivity (Wildman–Crippen MR) is 144 cm³/mol. The van der Waals surface area contributed by atoms with E-state index in [-0.39, 0.29) is 17.7 Å². The van der Waals surface area contributed by atoms with Crippen LogP contribution >= 0.6 is 11.3 Å². The Kier molecular flexibility index (Phi) is 8.48. The zero-order valence-electron chi connectivity index (χ0n) is 21.0. The minimum Gasteiger partial charge on any atom is -0.496 e. The standard InChI is InChI=1S/C28H32N4O3S/c1-19(21-9-4-5-10-24(21)35-3)16-26(33)31-28-23(17-29-2)22-13-15-32(18-25(22)36-28)27(34)12-11-20-8-6-7-14-30-20/h4-10,14,17,19H,11-13,15-16,18H2,1-3H3,(H,31,33). The number of thiophene rings is 1. The number of aromatic nitrogens is 1. The Morgan fingerprint density at radius 2 is 2.06 bits per heavy atom. The number of para-hydroxylation sites is 1. The molecule has 2 amide bonds. The fourth-order valence-corrected chi connectivity index (χ4v) is 5.83. The molecule has 0 bridgehead atoms. The lowest BCUT2D eigenvalue weighted by Gasteiger charge is -2.27. The molecule has 1 aromatic carbocycles. The molecule has 8 heteroatoms. The number of aliphatic imine (C=N–C) groups is 1. The first-order chi connectivity index (χ1) is 17.5. The average molecular weight is 505 g/mol. The van der Waals surface area contributed by atoms with Gasteiger partial charge in [0, 0.05) is 55.0 Å². The quantitative estimate of drug-likeness (QED) is 0.422. The number of fused-ring (bicyclic) bond motifs is 1. The van der Waals surface area contributed by atoms with E-state index in [4.69, 9.17) is 4.74 Å². The van der Waals surface area contributed by atoms with Gasteiger partial charge in [0.2, 0.25) is 11.8 Å². The topological polar surface area (TPSA) is 83.9 Å². The van der Waals surface area contributed by atoms with E-state index in [1.54, 1.807) is 31.7 Å². The van der Waals surface area contributed by atoms with Crippen molar-refractivity contribution in [1.82, 2.24) is 9.88 Å². The van der Waals surface area contributed by atoms with Crippen molar-refractivity contribution in [2.24, 2.45) is 4.99 Å². The van der Waals surface area contributed by atoms with Crippen molar-refractivity contribution >= 4 is 34.4 Å². The molecule has 188 valence electrons. The zero-order chi connectivity index (χ0) is 25.5. The highest BCUT2D eigenvalue weighted by atomic mass is 32.1. The highest BCUT2D eigenvalue weighted by Gasteiger charge is 2.27. The summed E-state index contributed by atoms with van der Waals surface area (Å²) < 4.78 is 5.46. The Morgan fingerprint density at radius 3 is 2.81 bits per heavy atom. The number of methoxy groups -OCH3 is 1. The molecule has 0 saturated heterocycles. The Hall–Kier alpha value is -3.52. The number of anilines is 1. The summed E-state index contributed by atoms with van der Waals surface area (Å²) in [5, 5.41) is 3.91. The van der Waals surface area contributed by atoms with Crippen LogP contribution in [0.15, 0.2) is 53.7 Å². The van der Waals surface area contributed by atoms with Crippen LogP contribution in [0.5, 0.6) is 5.75 Å². The largest absolute Gasteiger partial charge is 0.496 e. The van der Waals surface area contributed by atoms with Crippen molar-refractivity contribution in [2.45, 2.75) is 45.1 Å². The maximum Gasteiger partial charge on any atom is 0.225 e. The molecule has 3 heterocycles. The summed E-state index contributed by atoms with van der Waals surface area (Å²) in [7, 11) is 3.38.